The minimum atomic E-state index is -3.79. The van der Waals surface area contributed by atoms with Crippen LogP contribution in [0.1, 0.15) is 23.7 Å². The summed E-state index contributed by atoms with van der Waals surface area (Å²) >= 11 is 0. The second-order valence-corrected chi connectivity index (χ2v) is 7.02. The number of nitrogens with one attached hydrogen (secondary N) is 2. The van der Waals surface area contributed by atoms with Crippen LogP contribution in [0, 0.1) is 5.82 Å². The molecule has 25 heavy (non-hydrogen) atoms. The molecule has 132 valence electrons. The Hall–Kier alpha value is -2.58. The van der Waals surface area contributed by atoms with Gasteiger partial charge >= 0.3 is 0 Å². The fourth-order valence-corrected chi connectivity index (χ4v) is 3.06. The molecular weight excluding hydrogens is 347 g/mol. The molecule has 8 heteroatoms. The molecule has 0 heterocycles. The monoisotopic (exact) mass is 364 g/mol. The van der Waals surface area contributed by atoms with Crippen molar-refractivity contribution in [3.63, 3.8) is 0 Å². The number of hydrogen-bond acceptors (Lipinski definition) is 4. The molecule has 0 saturated carbocycles. The summed E-state index contributed by atoms with van der Waals surface area (Å²) in [5, 5.41) is 2.37. The van der Waals surface area contributed by atoms with E-state index in [2.05, 4.69) is 10.0 Å². The number of ketones is 1. The maximum absolute atomic E-state index is 13.4. The van der Waals surface area contributed by atoms with Crippen molar-refractivity contribution in [1.29, 1.82) is 0 Å². The highest BCUT2D eigenvalue weighted by molar-refractivity contribution is 7.89. The molecule has 2 N–H and O–H groups in total. The van der Waals surface area contributed by atoms with Gasteiger partial charge in [-0.15, -0.1) is 0 Å². The first-order valence-corrected chi connectivity index (χ1v) is 8.93. The standard InChI is InChI=1S/C17H17FN2O4S/c1-12(21)13-6-8-14(9-7-13)25(23,24)19-11-10-17(22)20-16-5-3-2-4-15(16)18/h2-9,19H,10-11H2,1H3,(H,20,22). The molecule has 2 aromatic rings. The minimum Gasteiger partial charge on any atom is -0.324 e. The molecule has 0 aliphatic heterocycles. The third kappa shape index (κ3) is 5.20. The molecule has 0 aromatic heterocycles. The quantitative estimate of drug-likeness (QED) is 0.738. The van der Waals surface area contributed by atoms with Crippen molar-refractivity contribution < 1.29 is 22.4 Å². The lowest BCUT2D eigenvalue weighted by Gasteiger charge is -2.08. The number of anilines is 1. The van der Waals surface area contributed by atoms with Gasteiger partial charge in [-0.05, 0) is 31.2 Å². The van der Waals surface area contributed by atoms with Gasteiger partial charge in [0.25, 0.3) is 0 Å². The Bertz CT molecular complexity index is 880. The van der Waals surface area contributed by atoms with Crippen LogP contribution in [-0.4, -0.2) is 26.7 Å². The van der Waals surface area contributed by atoms with Crippen LogP contribution in [0.5, 0.6) is 0 Å². The number of hydrogen-bond donors (Lipinski definition) is 2. The lowest BCUT2D eigenvalue weighted by Crippen LogP contribution is -2.28. The normalized spacial score (nSPS) is 11.1. The Morgan fingerprint density at radius 2 is 1.68 bits per heavy atom. The van der Waals surface area contributed by atoms with Gasteiger partial charge in [0.2, 0.25) is 15.9 Å². The van der Waals surface area contributed by atoms with Crippen molar-refractivity contribution >= 4 is 27.4 Å². The summed E-state index contributed by atoms with van der Waals surface area (Å²) in [4.78, 5) is 22.9. The summed E-state index contributed by atoms with van der Waals surface area (Å²) in [7, 11) is -3.79. The lowest BCUT2D eigenvalue weighted by molar-refractivity contribution is -0.116. The van der Waals surface area contributed by atoms with Crippen LogP contribution >= 0.6 is 0 Å². The molecule has 0 aliphatic rings. The summed E-state index contributed by atoms with van der Waals surface area (Å²) in [5.41, 5.74) is 0.443. The number of sulfonamides is 1. The van der Waals surface area contributed by atoms with Crippen molar-refractivity contribution in [3.8, 4) is 0 Å². The molecule has 2 aromatic carbocycles. The third-order valence-electron chi connectivity index (χ3n) is 3.36. The van der Waals surface area contributed by atoms with Gasteiger partial charge in [0.05, 0.1) is 10.6 Å². The Morgan fingerprint density at radius 1 is 1.04 bits per heavy atom. The average molecular weight is 364 g/mol. The highest BCUT2D eigenvalue weighted by Gasteiger charge is 2.15. The highest BCUT2D eigenvalue weighted by Crippen LogP contribution is 2.13. The van der Waals surface area contributed by atoms with Crippen LogP contribution in [0.2, 0.25) is 0 Å². The second kappa shape index (κ2) is 8.00. The summed E-state index contributed by atoms with van der Waals surface area (Å²) in [6.07, 6.45) is -0.154. The Kier molecular flexibility index (Phi) is 6.00. The number of rotatable bonds is 7. The maximum atomic E-state index is 13.4. The zero-order valence-electron chi connectivity index (χ0n) is 13.5. The van der Waals surface area contributed by atoms with Crippen molar-refractivity contribution in [2.45, 2.75) is 18.2 Å². The molecule has 0 unspecified atom stereocenters. The van der Waals surface area contributed by atoms with E-state index in [0.717, 1.165) is 0 Å². The number of carbonyl (C=O) groups excluding carboxylic acids is 2. The maximum Gasteiger partial charge on any atom is 0.240 e. The van der Waals surface area contributed by atoms with Crippen LogP contribution in [-0.2, 0) is 14.8 Å². The zero-order valence-corrected chi connectivity index (χ0v) is 14.3. The van der Waals surface area contributed by atoms with Crippen molar-refractivity contribution in [3.05, 3.63) is 59.9 Å². The van der Waals surface area contributed by atoms with Crippen molar-refractivity contribution in [2.75, 3.05) is 11.9 Å². The highest BCUT2D eigenvalue weighted by atomic mass is 32.2. The molecule has 0 spiro atoms. The largest absolute Gasteiger partial charge is 0.324 e. The van der Waals surface area contributed by atoms with Crippen LogP contribution in [0.4, 0.5) is 10.1 Å². The van der Waals surface area contributed by atoms with Crippen molar-refractivity contribution in [2.24, 2.45) is 0 Å². The number of para-hydroxylation sites is 1. The first kappa shape index (κ1) is 18.8. The van der Waals surface area contributed by atoms with Gasteiger partial charge in [-0.2, -0.15) is 0 Å². The molecule has 0 bridgehead atoms. The van der Waals surface area contributed by atoms with Gasteiger partial charge in [-0.3, -0.25) is 9.59 Å². The fourth-order valence-electron chi connectivity index (χ4n) is 2.03. The van der Waals surface area contributed by atoms with E-state index in [1.54, 1.807) is 6.07 Å². The Labute approximate surface area is 145 Å². The van der Waals surface area contributed by atoms with E-state index in [0.29, 0.717) is 5.56 Å². The van der Waals surface area contributed by atoms with E-state index < -0.39 is 21.7 Å². The van der Waals surface area contributed by atoms with E-state index in [1.165, 1.54) is 49.4 Å². The van der Waals surface area contributed by atoms with Crippen LogP contribution < -0.4 is 10.0 Å². The minimum absolute atomic E-state index is 0.00740. The van der Waals surface area contributed by atoms with E-state index >= 15 is 0 Å². The summed E-state index contributed by atoms with van der Waals surface area (Å²) in [6, 6.07) is 11.2. The fraction of sp³-hybridized carbons (Fsp3) is 0.176. The summed E-state index contributed by atoms with van der Waals surface area (Å²) in [5.74, 6) is -1.25. The lowest BCUT2D eigenvalue weighted by atomic mass is 10.2. The van der Waals surface area contributed by atoms with Gasteiger partial charge in [-0.1, -0.05) is 24.3 Å². The van der Waals surface area contributed by atoms with E-state index in [-0.39, 0.29) is 29.3 Å². The molecule has 0 saturated heterocycles. The molecule has 6 nitrogen and oxygen atoms in total. The molecule has 0 radical (unpaired) electrons. The third-order valence-corrected chi connectivity index (χ3v) is 4.84. The number of benzene rings is 2. The Balaban J connectivity index is 1.90. The first-order valence-electron chi connectivity index (χ1n) is 7.44. The zero-order chi connectivity index (χ0) is 18.4. The SMILES string of the molecule is CC(=O)c1ccc(S(=O)(=O)NCCC(=O)Nc2ccccc2F)cc1. The first-order chi connectivity index (χ1) is 11.8. The molecule has 1 amide bonds. The number of halogens is 1. The second-order valence-electron chi connectivity index (χ2n) is 5.26. The van der Waals surface area contributed by atoms with E-state index in [9.17, 15) is 22.4 Å². The van der Waals surface area contributed by atoms with Crippen molar-refractivity contribution in [1.82, 2.24) is 4.72 Å². The predicted molar refractivity (Wildman–Crippen MR) is 91.3 cm³/mol. The number of carbonyl (C=O) groups is 2. The predicted octanol–water partition coefficient (Wildman–Crippen LogP) is 2.34. The smallest absolute Gasteiger partial charge is 0.240 e. The van der Waals surface area contributed by atoms with Crippen LogP contribution in [0.15, 0.2) is 53.4 Å². The molecule has 2 rings (SSSR count). The summed E-state index contributed by atoms with van der Waals surface area (Å²) in [6.45, 7) is 1.24. The molecular formula is C17H17FN2O4S. The van der Waals surface area contributed by atoms with Gasteiger partial charge in [0.1, 0.15) is 5.82 Å². The summed E-state index contributed by atoms with van der Waals surface area (Å²) < 4.78 is 39.9. The van der Waals surface area contributed by atoms with Gasteiger partial charge in [0, 0.05) is 18.5 Å². The van der Waals surface area contributed by atoms with Crippen LogP contribution in [0.3, 0.4) is 0 Å². The van der Waals surface area contributed by atoms with E-state index in [4.69, 9.17) is 0 Å². The number of Topliss-reactive ketones (excluding diaryl/α,β-unsaturated/α-hetero) is 1. The molecule has 0 aliphatic carbocycles. The molecule has 0 atom stereocenters. The van der Waals surface area contributed by atoms with Gasteiger partial charge in [-0.25, -0.2) is 17.5 Å². The van der Waals surface area contributed by atoms with E-state index in [1.807, 2.05) is 0 Å². The van der Waals surface area contributed by atoms with Gasteiger partial charge < -0.3 is 5.32 Å². The van der Waals surface area contributed by atoms with Gasteiger partial charge in [0.15, 0.2) is 5.78 Å². The average Bonchev–Trinajstić information content (AvgIpc) is 2.57. The topological polar surface area (TPSA) is 92.3 Å². The Morgan fingerprint density at radius 3 is 2.28 bits per heavy atom. The van der Waals surface area contributed by atoms with Crippen LogP contribution in [0.25, 0.3) is 0 Å². The molecule has 0 fully saturated rings. The number of amides is 1.